The molecule has 0 atom stereocenters. The molecule has 4 nitrogen and oxygen atoms in total. The number of nitrogens with one attached hydrogen (secondary N) is 1. The maximum atomic E-state index is 13.5. The molecule has 2 aliphatic heterocycles. The van der Waals surface area contributed by atoms with Gasteiger partial charge in [-0.05, 0) is 81.1 Å². The van der Waals surface area contributed by atoms with Crippen molar-refractivity contribution in [2.75, 3.05) is 31.1 Å². The Bertz CT molecular complexity index is 1090. The van der Waals surface area contributed by atoms with Gasteiger partial charge in [0.15, 0.2) is 0 Å². The number of amides is 1. The molecule has 1 fully saturated rings. The van der Waals surface area contributed by atoms with Gasteiger partial charge in [-0.3, -0.25) is 4.79 Å². The van der Waals surface area contributed by atoms with E-state index in [-0.39, 0.29) is 11.7 Å². The molecule has 2 aliphatic rings. The van der Waals surface area contributed by atoms with Gasteiger partial charge in [0.1, 0.15) is 5.82 Å². The number of piperidine rings is 1. The van der Waals surface area contributed by atoms with Crippen molar-refractivity contribution in [2.24, 2.45) is 0 Å². The summed E-state index contributed by atoms with van der Waals surface area (Å²) < 4.78 is 13.5. The van der Waals surface area contributed by atoms with Crippen LogP contribution in [0.5, 0.6) is 0 Å². The second-order valence-electron chi connectivity index (χ2n) is 9.15. The minimum Gasteiger partial charge on any atom is -0.361 e. The second kappa shape index (κ2) is 7.24. The van der Waals surface area contributed by atoms with E-state index in [2.05, 4.69) is 22.0 Å². The lowest BCUT2D eigenvalue weighted by atomic mass is 9.86. The number of benzene rings is 2. The summed E-state index contributed by atoms with van der Waals surface area (Å²) in [6.45, 7) is 7.70. The van der Waals surface area contributed by atoms with Crippen LogP contribution in [-0.2, 0) is 10.2 Å². The Kier molecular flexibility index (Phi) is 4.66. The maximum Gasteiger partial charge on any atom is 0.237 e. The van der Waals surface area contributed by atoms with Crippen molar-refractivity contribution in [3.63, 3.8) is 0 Å². The van der Waals surface area contributed by atoms with Gasteiger partial charge in [-0.2, -0.15) is 0 Å². The summed E-state index contributed by atoms with van der Waals surface area (Å²) in [5, 5.41) is 1.14. The van der Waals surface area contributed by atoms with Crippen LogP contribution in [0, 0.1) is 5.82 Å². The minimum absolute atomic E-state index is 0.199. The monoisotopic (exact) mass is 405 g/mol. The molecule has 0 unspecified atom stereocenters. The first kappa shape index (κ1) is 19.3. The van der Waals surface area contributed by atoms with Crippen LogP contribution in [-0.4, -0.2) is 42.0 Å². The van der Waals surface area contributed by atoms with E-state index in [1.807, 2.05) is 43.1 Å². The SMILES string of the molecule is CC1(C)C(=O)N(CCN2CCC(c3c[nH]c4cc(F)ccc34)CC2)c2ccccc21. The average molecular weight is 406 g/mol. The lowest BCUT2D eigenvalue weighted by Gasteiger charge is -2.33. The van der Waals surface area contributed by atoms with E-state index in [4.69, 9.17) is 0 Å². The van der Waals surface area contributed by atoms with Crippen molar-refractivity contribution in [3.05, 3.63) is 65.6 Å². The van der Waals surface area contributed by atoms with Crippen LogP contribution in [0.3, 0.4) is 0 Å². The minimum atomic E-state index is -0.446. The summed E-state index contributed by atoms with van der Waals surface area (Å²) in [7, 11) is 0. The number of hydrogen-bond acceptors (Lipinski definition) is 2. The number of fused-ring (bicyclic) bond motifs is 2. The van der Waals surface area contributed by atoms with E-state index < -0.39 is 5.41 Å². The molecule has 0 radical (unpaired) electrons. The second-order valence-corrected chi connectivity index (χ2v) is 9.15. The van der Waals surface area contributed by atoms with E-state index in [1.54, 1.807) is 12.1 Å². The number of carbonyl (C=O) groups is 1. The number of likely N-dealkylation sites (tertiary alicyclic amines) is 1. The molecule has 3 heterocycles. The molecule has 156 valence electrons. The van der Waals surface area contributed by atoms with Crippen LogP contribution < -0.4 is 4.90 Å². The number of hydrogen-bond donors (Lipinski definition) is 1. The number of nitrogens with zero attached hydrogens (tertiary/aromatic N) is 2. The molecular weight excluding hydrogens is 377 g/mol. The van der Waals surface area contributed by atoms with Crippen LogP contribution in [0.2, 0.25) is 0 Å². The maximum absolute atomic E-state index is 13.5. The van der Waals surface area contributed by atoms with E-state index >= 15 is 0 Å². The summed E-state index contributed by atoms with van der Waals surface area (Å²) in [4.78, 5) is 20.6. The van der Waals surface area contributed by atoms with Crippen LogP contribution in [0.1, 0.15) is 43.7 Å². The molecule has 5 rings (SSSR count). The summed E-state index contributed by atoms with van der Waals surface area (Å²) in [5.74, 6) is 0.491. The standard InChI is InChI=1S/C25H28FN3O/c1-25(2)21-5-3-4-6-23(21)29(24(25)30)14-13-28-11-9-17(10-12-28)20-16-27-22-15-18(26)7-8-19(20)22/h3-8,15-17,27H,9-14H2,1-2H3. The average Bonchev–Trinajstić information content (AvgIpc) is 3.24. The van der Waals surface area contributed by atoms with Gasteiger partial charge in [-0.1, -0.05) is 18.2 Å². The normalized spacial score (nSPS) is 19.6. The molecule has 0 aliphatic carbocycles. The predicted molar refractivity (Wildman–Crippen MR) is 118 cm³/mol. The molecule has 0 saturated carbocycles. The third-order valence-electron chi connectivity index (χ3n) is 6.99. The van der Waals surface area contributed by atoms with Gasteiger partial charge in [-0.25, -0.2) is 4.39 Å². The van der Waals surface area contributed by atoms with Gasteiger partial charge in [0.25, 0.3) is 0 Å². The third-order valence-corrected chi connectivity index (χ3v) is 6.99. The first-order chi connectivity index (χ1) is 14.4. The van der Waals surface area contributed by atoms with Crippen molar-refractivity contribution >= 4 is 22.5 Å². The van der Waals surface area contributed by atoms with Crippen molar-refractivity contribution in [1.82, 2.24) is 9.88 Å². The molecular formula is C25H28FN3O. The molecule has 1 aromatic heterocycles. The number of rotatable bonds is 4. The Labute approximate surface area is 176 Å². The van der Waals surface area contributed by atoms with E-state index in [0.717, 1.165) is 61.2 Å². The van der Waals surface area contributed by atoms with Crippen LogP contribution in [0.25, 0.3) is 10.9 Å². The van der Waals surface area contributed by atoms with Crippen LogP contribution in [0.15, 0.2) is 48.7 Å². The summed E-state index contributed by atoms with van der Waals surface area (Å²) in [6, 6.07) is 13.2. The van der Waals surface area contributed by atoms with Gasteiger partial charge in [0.05, 0.1) is 5.41 Å². The summed E-state index contributed by atoms with van der Waals surface area (Å²) >= 11 is 0. The van der Waals surface area contributed by atoms with Crippen molar-refractivity contribution in [3.8, 4) is 0 Å². The Balaban J connectivity index is 1.22. The van der Waals surface area contributed by atoms with Crippen molar-refractivity contribution in [1.29, 1.82) is 0 Å². The fraction of sp³-hybridized carbons (Fsp3) is 0.400. The lowest BCUT2D eigenvalue weighted by molar-refractivity contribution is -0.122. The molecule has 0 bridgehead atoms. The van der Waals surface area contributed by atoms with Gasteiger partial charge in [0, 0.05) is 35.9 Å². The predicted octanol–water partition coefficient (Wildman–Crippen LogP) is 4.81. The Morgan fingerprint density at radius 3 is 2.67 bits per heavy atom. The number of aromatic amines is 1. The highest BCUT2D eigenvalue weighted by Crippen LogP contribution is 2.41. The number of carbonyl (C=O) groups excluding carboxylic acids is 1. The van der Waals surface area contributed by atoms with Crippen molar-refractivity contribution < 1.29 is 9.18 Å². The van der Waals surface area contributed by atoms with Gasteiger partial charge < -0.3 is 14.8 Å². The van der Waals surface area contributed by atoms with Crippen LogP contribution in [0.4, 0.5) is 10.1 Å². The van der Waals surface area contributed by atoms with Gasteiger partial charge >= 0.3 is 0 Å². The number of H-pyrrole nitrogens is 1. The highest BCUT2D eigenvalue weighted by Gasteiger charge is 2.43. The zero-order chi connectivity index (χ0) is 20.9. The number of aromatic nitrogens is 1. The first-order valence-electron chi connectivity index (χ1n) is 10.9. The number of anilines is 1. The largest absolute Gasteiger partial charge is 0.361 e. The molecule has 1 N–H and O–H groups in total. The Hall–Kier alpha value is -2.66. The molecule has 2 aromatic carbocycles. The Morgan fingerprint density at radius 1 is 1.10 bits per heavy atom. The highest BCUT2D eigenvalue weighted by atomic mass is 19.1. The number of halogens is 1. The molecule has 1 amide bonds. The molecule has 3 aromatic rings. The van der Waals surface area contributed by atoms with Crippen LogP contribution >= 0.6 is 0 Å². The fourth-order valence-electron chi connectivity index (χ4n) is 5.19. The smallest absolute Gasteiger partial charge is 0.237 e. The topological polar surface area (TPSA) is 39.3 Å². The molecule has 30 heavy (non-hydrogen) atoms. The van der Waals surface area contributed by atoms with E-state index in [1.165, 1.54) is 5.56 Å². The summed E-state index contributed by atoms with van der Waals surface area (Å²) in [6.07, 6.45) is 4.22. The summed E-state index contributed by atoms with van der Waals surface area (Å²) in [5.41, 5.74) is 3.92. The van der Waals surface area contributed by atoms with Gasteiger partial charge in [0.2, 0.25) is 5.91 Å². The molecule has 1 saturated heterocycles. The lowest BCUT2D eigenvalue weighted by Crippen LogP contribution is -2.43. The molecule has 5 heteroatoms. The van der Waals surface area contributed by atoms with Crippen molar-refractivity contribution in [2.45, 2.75) is 38.0 Å². The van der Waals surface area contributed by atoms with E-state index in [9.17, 15) is 9.18 Å². The first-order valence-corrected chi connectivity index (χ1v) is 10.9. The third kappa shape index (κ3) is 3.12. The van der Waals surface area contributed by atoms with Gasteiger partial charge in [-0.15, -0.1) is 0 Å². The van der Waals surface area contributed by atoms with E-state index in [0.29, 0.717) is 5.92 Å². The highest BCUT2D eigenvalue weighted by molar-refractivity contribution is 6.07. The zero-order valence-electron chi connectivity index (χ0n) is 17.6. The quantitative estimate of drug-likeness (QED) is 0.677. The molecule has 0 spiro atoms. The Morgan fingerprint density at radius 2 is 1.87 bits per heavy atom. The fourth-order valence-corrected chi connectivity index (χ4v) is 5.19. The zero-order valence-corrected chi connectivity index (χ0v) is 17.6. The number of para-hydroxylation sites is 1.